The van der Waals surface area contributed by atoms with Crippen LogP contribution in [-0.2, 0) is 37.9 Å². The van der Waals surface area contributed by atoms with Crippen molar-refractivity contribution in [3.63, 3.8) is 0 Å². The van der Waals surface area contributed by atoms with Gasteiger partial charge in [0.15, 0.2) is 0 Å². The minimum absolute atomic E-state index is 0.0131. The van der Waals surface area contributed by atoms with Gasteiger partial charge in [-0.1, -0.05) is 48.0 Å². The van der Waals surface area contributed by atoms with Crippen molar-refractivity contribution in [1.82, 2.24) is 9.62 Å². The molecule has 11 heteroatoms. The number of rotatable bonds is 9. The molecule has 3 aromatic rings. The third-order valence-corrected chi connectivity index (χ3v) is 7.76. The maximum Gasteiger partial charge on any atom is 0.243 e. The van der Waals surface area contributed by atoms with Gasteiger partial charge in [0.1, 0.15) is 5.82 Å². The molecule has 0 fully saturated rings. The Balaban J connectivity index is 1.78. The molecule has 0 aliphatic heterocycles. The van der Waals surface area contributed by atoms with Crippen LogP contribution in [0, 0.1) is 12.7 Å². The number of hydrogen-bond acceptors (Lipinski definition) is 5. The average Bonchev–Trinajstić information content (AvgIpc) is 2.78. The molecule has 0 radical (unpaired) electrons. The van der Waals surface area contributed by atoms with Crippen molar-refractivity contribution in [1.29, 1.82) is 0 Å². The summed E-state index contributed by atoms with van der Waals surface area (Å²) in [6.07, 6.45) is 0. The SMILES string of the molecule is Cc1ccc(S(=O)(=O)N(CC(=O)NCc2ccc(S(N)(=O)=O)cc2)Cc2ccccc2F)cc1. The van der Waals surface area contributed by atoms with Gasteiger partial charge in [-0.15, -0.1) is 0 Å². The molecule has 0 spiro atoms. The standard InChI is InChI=1S/C23H24FN3O5S2/c1-17-6-10-21(11-7-17)34(31,32)27(15-19-4-2-3-5-22(19)24)16-23(28)26-14-18-8-12-20(13-9-18)33(25,29)30/h2-13H,14-16H2,1H3,(H,26,28)(H2,25,29,30). The highest BCUT2D eigenvalue weighted by molar-refractivity contribution is 7.89. The number of carbonyl (C=O) groups excluding carboxylic acids is 1. The molecular formula is C23H24FN3O5S2. The van der Waals surface area contributed by atoms with Gasteiger partial charge in [0.05, 0.1) is 16.3 Å². The highest BCUT2D eigenvalue weighted by Crippen LogP contribution is 2.20. The molecule has 180 valence electrons. The highest BCUT2D eigenvalue weighted by Gasteiger charge is 2.27. The topological polar surface area (TPSA) is 127 Å². The molecule has 0 aromatic heterocycles. The van der Waals surface area contributed by atoms with Crippen molar-refractivity contribution in [2.24, 2.45) is 5.14 Å². The molecular weight excluding hydrogens is 481 g/mol. The minimum Gasteiger partial charge on any atom is -0.351 e. The zero-order valence-corrected chi connectivity index (χ0v) is 19.9. The van der Waals surface area contributed by atoms with Gasteiger partial charge >= 0.3 is 0 Å². The summed E-state index contributed by atoms with van der Waals surface area (Å²) in [4.78, 5) is 12.6. The molecule has 0 saturated carbocycles. The molecule has 0 aliphatic carbocycles. The van der Waals surface area contributed by atoms with E-state index in [9.17, 15) is 26.0 Å². The second kappa shape index (κ2) is 10.4. The maximum absolute atomic E-state index is 14.2. The van der Waals surface area contributed by atoms with Gasteiger partial charge in [-0.05, 0) is 42.8 Å². The van der Waals surface area contributed by atoms with Crippen LogP contribution in [0.3, 0.4) is 0 Å². The van der Waals surface area contributed by atoms with Crippen molar-refractivity contribution < 1.29 is 26.0 Å². The predicted molar refractivity (Wildman–Crippen MR) is 125 cm³/mol. The van der Waals surface area contributed by atoms with Gasteiger partial charge < -0.3 is 5.32 Å². The van der Waals surface area contributed by atoms with Crippen molar-refractivity contribution in [3.8, 4) is 0 Å². The summed E-state index contributed by atoms with van der Waals surface area (Å²) in [6.45, 7) is 0.970. The molecule has 0 aliphatic rings. The maximum atomic E-state index is 14.2. The lowest BCUT2D eigenvalue weighted by Gasteiger charge is -2.22. The molecule has 0 heterocycles. The Hall–Kier alpha value is -3.12. The summed E-state index contributed by atoms with van der Waals surface area (Å²) in [5.41, 5.74) is 1.58. The van der Waals surface area contributed by atoms with Gasteiger partial charge in [0, 0.05) is 18.7 Å². The summed E-state index contributed by atoms with van der Waals surface area (Å²) in [5.74, 6) is -1.19. The van der Waals surface area contributed by atoms with Crippen molar-refractivity contribution >= 4 is 26.0 Å². The fourth-order valence-corrected chi connectivity index (χ4v) is 5.01. The van der Waals surface area contributed by atoms with Crippen LogP contribution in [0.15, 0.2) is 82.6 Å². The number of hydrogen-bond donors (Lipinski definition) is 2. The van der Waals surface area contributed by atoms with Crippen LogP contribution in [0.25, 0.3) is 0 Å². The second-order valence-electron chi connectivity index (χ2n) is 7.64. The Kier molecular flexibility index (Phi) is 7.82. The molecule has 3 N–H and O–H groups in total. The molecule has 3 aromatic carbocycles. The molecule has 0 saturated heterocycles. The van der Waals surface area contributed by atoms with E-state index in [0.717, 1.165) is 9.87 Å². The molecule has 3 rings (SSSR count). The van der Waals surface area contributed by atoms with E-state index in [0.29, 0.717) is 5.56 Å². The Bertz CT molecular complexity index is 1370. The zero-order chi connectivity index (χ0) is 24.9. The van der Waals surface area contributed by atoms with Crippen molar-refractivity contribution in [2.45, 2.75) is 29.8 Å². The van der Waals surface area contributed by atoms with Crippen LogP contribution in [0.2, 0.25) is 0 Å². The quantitative estimate of drug-likeness (QED) is 0.461. The third kappa shape index (κ3) is 6.48. The van der Waals surface area contributed by atoms with Crippen LogP contribution in [-0.4, -0.2) is 33.6 Å². The number of aryl methyl sites for hydroxylation is 1. The van der Waals surface area contributed by atoms with Crippen LogP contribution in [0.1, 0.15) is 16.7 Å². The number of benzene rings is 3. The summed E-state index contributed by atoms with van der Waals surface area (Å²) in [6, 6.07) is 17.5. The Labute approximate surface area is 198 Å². The fraction of sp³-hybridized carbons (Fsp3) is 0.174. The predicted octanol–water partition coefficient (Wildman–Crippen LogP) is 2.29. The summed E-state index contributed by atoms with van der Waals surface area (Å²) in [5, 5.41) is 7.67. The number of sulfonamides is 2. The van der Waals surface area contributed by atoms with E-state index in [1.165, 1.54) is 54.6 Å². The minimum atomic E-state index is -4.11. The van der Waals surface area contributed by atoms with Crippen LogP contribution < -0.4 is 10.5 Å². The second-order valence-corrected chi connectivity index (χ2v) is 11.1. The normalized spacial score (nSPS) is 12.0. The Morgan fingerprint density at radius 2 is 1.50 bits per heavy atom. The van der Waals surface area contributed by atoms with Crippen molar-refractivity contribution in [2.75, 3.05) is 6.54 Å². The van der Waals surface area contributed by atoms with Gasteiger partial charge in [0.25, 0.3) is 0 Å². The summed E-state index contributed by atoms with van der Waals surface area (Å²) < 4.78 is 64.4. The first-order valence-corrected chi connectivity index (χ1v) is 13.1. The van der Waals surface area contributed by atoms with Crippen LogP contribution in [0.5, 0.6) is 0 Å². The average molecular weight is 506 g/mol. The van der Waals surface area contributed by atoms with Gasteiger partial charge in [-0.2, -0.15) is 4.31 Å². The third-order valence-electron chi connectivity index (χ3n) is 5.02. The highest BCUT2D eigenvalue weighted by atomic mass is 32.2. The summed E-state index contributed by atoms with van der Waals surface area (Å²) >= 11 is 0. The first-order chi connectivity index (χ1) is 16.0. The zero-order valence-electron chi connectivity index (χ0n) is 18.3. The van der Waals surface area contributed by atoms with E-state index in [-0.39, 0.29) is 28.4 Å². The molecule has 1 amide bonds. The van der Waals surface area contributed by atoms with Crippen LogP contribution >= 0.6 is 0 Å². The molecule has 8 nitrogen and oxygen atoms in total. The van der Waals surface area contributed by atoms with Gasteiger partial charge in [-0.25, -0.2) is 26.4 Å². The van der Waals surface area contributed by atoms with E-state index >= 15 is 0 Å². The monoisotopic (exact) mass is 505 g/mol. The number of nitrogens with one attached hydrogen (secondary N) is 1. The van der Waals surface area contributed by atoms with E-state index in [4.69, 9.17) is 5.14 Å². The number of nitrogens with zero attached hydrogens (tertiary/aromatic N) is 1. The van der Waals surface area contributed by atoms with E-state index in [2.05, 4.69) is 5.32 Å². The first-order valence-electron chi connectivity index (χ1n) is 10.2. The smallest absolute Gasteiger partial charge is 0.243 e. The number of primary sulfonamides is 1. The van der Waals surface area contributed by atoms with Gasteiger partial charge in [-0.3, -0.25) is 4.79 Å². The molecule has 0 atom stereocenters. The largest absolute Gasteiger partial charge is 0.351 e. The van der Waals surface area contributed by atoms with E-state index < -0.39 is 38.3 Å². The van der Waals surface area contributed by atoms with E-state index in [1.54, 1.807) is 18.2 Å². The molecule has 0 unspecified atom stereocenters. The van der Waals surface area contributed by atoms with Gasteiger partial charge in [0.2, 0.25) is 26.0 Å². The lowest BCUT2D eigenvalue weighted by atomic mass is 10.2. The fourth-order valence-electron chi connectivity index (χ4n) is 3.12. The number of carbonyl (C=O) groups is 1. The van der Waals surface area contributed by atoms with E-state index in [1.807, 2.05) is 6.92 Å². The molecule has 34 heavy (non-hydrogen) atoms. The number of halogens is 1. The first kappa shape index (κ1) is 25.5. The number of amides is 1. The van der Waals surface area contributed by atoms with Crippen molar-refractivity contribution in [3.05, 3.63) is 95.3 Å². The molecule has 0 bridgehead atoms. The summed E-state index contributed by atoms with van der Waals surface area (Å²) in [7, 11) is -7.94. The van der Waals surface area contributed by atoms with Crippen LogP contribution in [0.4, 0.5) is 4.39 Å². The lowest BCUT2D eigenvalue weighted by Crippen LogP contribution is -2.40. The number of nitrogens with two attached hydrogens (primary N) is 1. The Morgan fingerprint density at radius 1 is 0.912 bits per heavy atom. The lowest BCUT2D eigenvalue weighted by molar-refractivity contribution is -0.121. The Morgan fingerprint density at radius 3 is 2.09 bits per heavy atom.